The molecule has 2 aliphatic rings. The molecule has 1 N–H and O–H groups in total. The number of rotatable bonds is 8. The molecule has 4 atom stereocenters. The van der Waals surface area contributed by atoms with Gasteiger partial charge >= 0.3 is 0 Å². The third-order valence-electron chi connectivity index (χ3n) is 5.52. The lowest BCUT2D eigenvalue weighted by Gasteiger charge is -2.40. The number of ether oxygens (including phenoxy) is 3. The van der Waals surface area contributed by atoms with Crippen LogP contribution in [0.2, 0.25) is 0 Å². The van der Waals surface area contributed by atoms with Gasteiger partial charge in [-0.05, 0) is 63.8 Å². The molecule has 1 aromatic rings. The molecule has 0 spiro atoms. The molecule has 5 heteroatoms. The maximum Gasteiger partial charge on any atom is 0.119 e. The van der Waals surface area contributed by atoms with Gasteiger partial charge in [-0.3, -0.25) is 4.90 Å². The quantitative estimate of drug-likeness (QED) is 0.768. The van der Waals surface area contributed by atoms with Crippen molar-refractivity contribution < 1.29 is 19.3 Å². The van der Waals surface area contributed by atoms with Gasteiger partial charge in [-0.25, -0.2) is 0 Å². The van der Waals surface area contributed by atoms with Gasteiger partial charge in [0.1, 0.15) is 30.8 Å². The molecular formula is C21H33NO4. The van der Waals surface area contributed by atoms with Crippen molar-refractivity contribution in [3.05, 3.63) is 24.3 Å². The molecule has 2 aliphatic heterocycles. The van der Waals surface area contributed by atoms with E-state index in [4.69, 9.17) is 14.2 Å². The molecule has 0 saturated carbocycles. The Kier molecular flexibility index (Phi) is 7.17. The van der Waals surface area contributed by atoms with Crippen molar-refractivity contribution in [1.82, 2.24) is 4.90 Å². The Hall–Kier alpha value is -1.30. The second-order valence-electron chi connectivity index (χ2n) is 7.71. The van der Waals surface area contributed by atoms with E-state index < -0.39 is 6.10 Å². The fourth-order valence-electron chi connectivity index (χ4n) is 3.92. The summed E-state index contributed by atoms with van der Waals surface area (Å²) >= 11 is 0. The molecule has 2 fully saturated rings. The van der Waals surface area contributed by atoms with Crippen molar-refractivity contribution >= 4 is 0 Å². The first-order valence-electron chi connectivity index (χ1n) is 10.0. The summed E-state index contributed by atoms with van der Waals surface area (Å²) in [5.74, 6) is 1.58. The second-order valence-corrected chi connectivity index (χ2v) is 7.71. The van der Waals surface area contributed by atoms with E-state index >= 15 is 0 Å². The largest absolute Gasteiger partial charge is 0.491 e. The van der Waals surface area contributed by atoms with E-state index in [1.807, 2.05) is 24.3 Å². The Balaban J connectivity index is 1.39. The van der Waals surface area contributed by atoms with Gasteiger partial charge in [0.2, 0.25) is 0 Å². The number of benzene rings is 1. The molecule has 0 amide bonds. The van der Waals surface area contributed by atoms with Crippen LogP contribution in [0.4, 0.5) is 0 Å². The van der Waals surface area contributed by atoms with Crippen molar-refractivity contribution in [2.75, 3.05) is 26.4 Å². The van der Waals surface area contributed by atoms with Crippen LogP contribution in [-0.2, 0) is 4.74 Å². The average molecular weight is 363 g/mol. The molecule has 2 heterocycles. The van der Waals surface area contributed by atoms with E-state index in [0.717, 1.165) is 30.9 Å². The average Bonchev–Trinajstić information content (AvgIpc) is 3.16. The zero-order valence-electron chi connectivity index (χ0n) is 16.1. The highest BCUT2D eigenvalue weighted by Crippen LogP contribution is 2.23. The first-order chi connectivity index (χ1) is 12.6. The van der Waals surface area contributed by atoms with Gasteiger partial charge < -0.3 is 19.3 Å². The number of likely N-dealkylation sites (tertiary alicyclic amines) is 1. The van der Waals surface area contributed by atoms with Crippen molar-refractivity contribution in [1.29, 1.82) is 0 Å². The molecule has 3 rings (SSSR count). The fraction of sp³-hybridized carbons (Fsp3) is 0.714. The van der Waals surface area contributed by atoms with E-state index in [0.29, 0.717) is 31.8 Å². The number of hydrogen-bond donors (Lipinski definition) is 1. The van der Waals surface area contributed by atoms with Crippen LogP contribution in [0.15, 0.2) is 24.3 Å². The van der Waals surface area contributed by atoms with Crippen molar-refractivity contribution in [2.45, 2.75) is 70.2 Å². The summed E-state index contributed by atoms with van der Waals surface area (Å²) in [6, 6.07) is 8.67. The number of aliphatic hydroxyl groups is 1. The van der Waals surface area contributed by atoms with Gasteiger partial charge in [-0.15, -0.1) is 0 Å². The Bertz CT molecular complexity index is 519. The molecule has 146 valence electrons. The van der Waals surface area contributed by atoms with Crippen LogP contribution in [-0.4, -0.2) is 60.7 Å². The minimum absolute atomic E-state index is 0.223. The zero-order valence-corrected chi connectivity index (χ0v) is 16.1. The lowest BCUT2D eigenvalue weighted by atomic mass is 9.97. The van der Waals surface area contributed by atoms with Crippen LogP contribution in [0, 0.1) is 0 Å². The van der Waals surface area contributed by atoms with E-state index in [1.165, 1.54) is 19.3 Å². The summed E-state index contributed by atoms with van der Waals surface area (Å²) in [4.78, 5) is 2.40. The predicted molar refractivity (Wildman–Crippen MR) is 102 cm³/mol. The molecule has 0 aromatic heterocycles. The van der Waals surface area contributed by atoms with Crippen molar-refractivity contribution in [3.8, 4) is 11.5 Å². The van der Waals surface area contributed by atoms with Crippen LogP contribution in [0.5, 0.6) is 11.5 Å². The van der Waals surface area contributed by atoms with E-state index in [-0.39, 0.29) is 6.10 Å². The smallest absolute Gasteiger partial charge is 0.119 e. The highest BCUT2D eigenvalue weighted by atomic mass is 16.5. The minimum atomic E-state index is -0.478. The minimum Gasteiger partial charge on any atom is -0.491 e. The standard InChI is InChI=1S/C21H33NO4/c1-16-5-3-6-17(2)22(16)13-18(23)14-25-19-8-10-20(11-9-19)26-15-21-7-4-12-24-21/h8-11,16-18,21,23H,3-7,12-15H2,1-2H3. The zero-order chi connectivity index (χ0) is 18.4. The van der Waals surface area contributed by atoms with Gasteiger partial charge in [0.25, 0.3) is 0 Å². The summed E-state index contributed by atoms with van der Waals surface area (Å²) in [6.07, 6.45) is 5.66. The van der Waals surface area contributed by atoms with Crippen LogP contribution < -0.4 is 9.47 Å². The number of hydrogen-bond acceptors (Lipinski definition) is 5. The number of piperidine rings is 1. The topological polar surface area (TPSA) is 51.2 Å². The molecule has 26 heavy (non-hydrogen) atoms. The molecule has 1 aromatic carbocycles. The van der Waals surface area contributed by atoms with E-state index in [9.17, 15) is 5.11 Å². The van der Waals surface area contributed by atoms with Gasteiger partial charge in [0.05, 0.1) is 6.10 Å². The predicted octanol–water partition coefficient (Wildman–Crippen LogP) is 3.25. The molecule has 5 nitrogen and oxygen atoms in total. The summed E-state index contributed by atoms with van der Waals surface area (Å²) in [5, 5.41) is 10.4. The Labute approximate surface area is 157 Å². The van der Waals surface area contributed by atoms with Crippen molar-refractivity contribution in [2.24, 2.45) is 0 Å². The number of aliphatic hydroxyl groups excluding tert-OH is 1. The van der Waals surface area contributed by atoms with E-state index in [2.05, 4.69) is 18.7 Å². The Morgan fingerprint density at radius 1 is 1.04 bits per heavy atom. The maximum atomic E-state index is 10.4. The van der Waals surface area contributed by atoms with Gasteiger partial charge in [0.15, 0.2) is 0 Å². The third-order valence-corrected chi connectivity index (χ3v) is 5.52. The second kappa shape index (κ2) is 9.58. The monoisotopic (exact) mass is 363 g/mol. The molecule has 2 saturated heterocycles. The highest BCUT2D eigenvalue weighted by molar-refractivity contribution is 5.31. The summed E-state index contributed by atoms with van der Waals surface area (Å²) in [6.45, 7) is 6.93. The first-order valence-corrected chi connectivity index (χ1v) is 10.0. The maximum absolute atomic E-state index is 10.4. The van der Waals surface area contributed by atoms with Crippen molar-refractivity contribution in [3.63, 3.8) is 0 Å². The first kappa shape index (κ1) is 19.5. The van der Waals surface area contributed by atoms with Crippen LogP contribution >= 0.6 is 0 Å². The molecule has 4 unspecified atom stereocenters. The fourth-order valence-corrected chi connectivity index (χ4v) is 3.92. The SMILES string of the molecule is CC1CCCC(C)N1CC(O)COc1ccc(OCC2CCCO2)cc1. The molecular weight excluding hydrogens is 330 g/mol. The summed E-state index contributed by atoms with van der Waals surface area (Å²) in [7, 11) is 0. The van der Waals surface area contributed by atoms with Gasteiger partial charge in [-0.1, -0.05) is 6.42 Å². The van der Waals surface area contributed by atoms with Gasteiger partial charge in [-0.2, -0.15) is 0 Å². The molecule has 0 aliphatic carbocycles. The summed E-state index contributed by atoms with van der Waals surface area (Å²) < 4.78 is 17.1. The van der Waals surface area contributed by atoms with E-state index in [1.54, 1.807) is 0 Å². The number of nitrogens with zero attached hydrogens (tertiary/aromatic N) is 1. The Morgan fingerprint density at radius 2 is 1.69 bits per heavy atom. The Morgan fingerprint density at radius 3 is 2.31 bits per heavy atom. The van der Waals surface area contributed by atoms with Crippen LogP contribution in [0.25, 0.3) is 0 Å². The molecule has 0 radical (unpaired) electrons. The normalized spacial score (nSPS) is 28.0. The number of β-amino-alcohol motifs (C(OH)–C–C–N with tert-alkyl or cyclic N) is 1. The highest BCUT2D eigenvalue weighted by Gasteiger charge is 2.26. The third kappa shape index (κ3) is 5.60. The van der Waals surface area contributed by atoms with Gasteiger partial charge in [0, 0.05) is 25.2 Å². The van der Waals surface area contributed by atoms with Crippen LogP contribution in [0.3, 0.4) is 0 Å². The lowest BCUT2D eigenvalue weighted by Crippen LogP contribution is -2.48. The lowest BCUT2D eigenvalue weighted by molar-refractivity contribution is 0.0208. The van der Waals surface area contributed by atoms with Crippen LogP contribution in [0.1, 0.15) is 46.0 Å². The summed E-state index contributed by atoms with van der Waals surface area (Å²) in [5.41, 5.74) is 0. The molecule has 0 bridgehead atoms.